The van der Waals surface area contributed by atoms with Gasteiger partial charge in [-0.25, -0.2) is 22.0 Å². The van der Waals surface area contributed by atoms with Crippen molar-refractivity contribution in [3.05, 3.63) is 11.6 Å². The summed E-state index contributed by atoms with van der Waals surface area (Å²) in [5, 5.41) is 6.41. The Morgan fingerprint density at radius 1 is 1.68 bits per heavy atom. The van der Waals surface area contributed by atoms with Crippen LogP contribution in [0.2, 0.25) is 0 Å². The Labute approximate surface area is 124 Å². The molecule has 1 aromatic rings. The van der Waals surface area contributed by atoms with Crippen LogP contribution in [-0.4, -0.2) is 28.6 Å². The Kier molecular flexibility index (Phi) is 2.39. The molecule has 0 saturated carbocycles. The van der Waals surface area contributed by atoms with Crippen molar-refractivity contribution in [2.24, 2.45) is 5.14 Å². The fourth-order valence-electron chi connectivity index (χ4n) is 1.96. The van der Waals surface area contributed by atoms with E-state index in [9.17, 15) is 16.8 Å². The minimum absolute atomic E-state index is 0.0234. The van der Waals surface area contributed by atoms with Crippen molar-refractivity contribution in [1.82, 2.24) is 5.32 Å². The SMILES string of the molecule is [2H]C([2H])([2H])C([2H])([2H])N[C@@H]1C[C@H](C)S(=O)(=O)c2sc(S(N)(=O)=O)cc21. The van der Waals surface area contributed by atoms with Gasteiger partial charge in [-0.15, -0.1) is 11.3 Å². The van der Waals surface area contributed by atoms with Gasteiger partial charge in [-0.05, 0) is 25.9 Å². The molecule has 0 saturated heterocycles. The first-order valence-corrected chi connectivity index (χ1v) is 9.16. The van der Waals surface area contributed by atoms with Crippen molar-refractivity contribution in [3.8, 4) is 0 Å². The summed E-state index contributed by atoms with van der Waals surface area (Å²) in [5.41, 5.74) is 0.0234. The molecule has 0 aromatic carbocycles. The molecule has 1 aliphatic rings. The van der Waals surface area contributed by atoms with Crippen LogP contribution >= 0.6 is 11.3 Å². The zero-order valence-electron chi connectivity index (χ0n) is 14.9. The molecule has 0 bridgehead atoms. The molecule has 1 aliphatic heterocycles. The average Bonchev–Trinajstić information content (AvgIpc) is 2.80. The van der Waals surface area contributed by atoms with Crippen molar-refractivity contribution in [3.63, 3.8) is 0 Å². The predicted molar refractivity (Wildman–Crippen MR) is 73.4 cm³/mol. The fraction of sp³-hybridized carbons (Fsp3) is 0.600. The summed E-state index contributed by atoms with van der Waals surface area (Å²) in [5.74, 6) is 0. The van der Waals surface area contributed by atoms with Crippen LogP contribution in [0.25, 0.3) is 0 Å². The van der Waals surface area contributed by atoms with E-state index in [0.717, 1.165) is 6.07 Å². The number of nitrogens with one attached hydrogen (secondary N) is 1. The van der Waals surface area contributed by atoms with Crippen molar-refractivity contribution in [2.45, 2.75) is 39.9 Å². The van der Waals surface area contributed by atoms with Crippen LogP contribution < -0.4 is 10.5 Å². The molecule has 9 heteroatoms. The summed E-state index contributed by atoms with van der Waals surface area (Å²) in [6.07, 6.45) is -0.0916. The second-order valence-corrected chi connectivity index (χ2v) is 9.67. The second kappa shape index (κ2) is 4.81. The largest absolute Gasteiger partial charge is 0.310 e. The van der Waals surface area contributed by atoms with E-state index in [2.05, 4.69) is 5.32 Å². The van der Waals surface area contributed by atoms with Crippen molar-refractivity contribution < 1.29 is 23.7 Å². The number of sulfone groups is 1. The molecule has 0 spiro atoms. The van der Waals surface area contributed by atoms with Gasteiger partial charge in [0.15, 0.2) is 9.84 Å². The first-order chi connectivity index (χ1) is 10.6. The summed E-state index contributed by atoms with van der Waals surface area (Å²) in [6.45, 7) is -4.36. The molecule has 0 amide bonds. The lowest BCUT2D eigenvalue weighted by Gasteiger charge is -2.27. The molecule has 2 atom stereocenters. The number of nitrogens with two attached hydrogens (primary N) is 1. The molecule has 19 heavy (non-hydrogen) atoms. The molecule has 0 aliphatic carbocycles. The van der Waals surface area contributed by atoms with Crippen LogP contribution in [-0.2, 0) is 19.9 Å². The molecule has 2 heterocycles. The maximum absolute atomic E-state index is 12.4. The highest BCUT2D eigenvalue weighted by atomic mass is 32.3. The standard InChI is InChI=1S/C10H16N2O4S3/c1-3-12-8-4-6(2)18(13,14)10-7(8)5-9(17-10)19(11,15)16/h5-6,8,12H,3-4H2,1-2H3,(H2,11,15,16)/t6-,8+/m0/s1/i1D3,3D2. The number of thiophene rings is 1. The summed E-state index contributed by atoms with van der Waals surface area (Å²) in [6, 6.07) is 0.0900. The van der Waals surface area contributed by atoms with Gasteiger partial charge in [-0.3, -0.25) is 0 Å². The van der Waals surface area contributed by atoms with E-state index in [1.165, 1.54) is 6.92 Å². The third-order valence-corrected chi connectivity index (χ3v) is 8.28. The van der Waals surface area contributed by atoms with Gasteiger partial charge in [-0.1, -0.05) is 6.85 Å². The molecule has 108 valence electrons. The first kappa shape index (κ1) is 9.46. The van der Waals surface area contributed by atoms with E-state index in [1.807, 2.05) is 0 Å². The quantitative estimate of drug-likeness (QED) is 0.845. The minimum Gasteiger partial charge on any atom is -0.310 e. The molecular formula is C10H16N2O4S3. The lowest BCUT2D eigenvalue weighted by molar-refractivity contribution is 0.477. The van der Waals surface area contributed by atoms with Crippen molar-refractivity contribution >= 4 is 31.2 Å². The Bertz CT molecular complexity index is 860. The van der Waals surface area contributed by atoms with Gasteiger partial charge in [-0.2, -0.15) is 0 Å². The zero-order chi connectivity index (χ0) is 18.7. The van der Waals surface area contributed by atoms with E-state index in [4.69, 9.17) is 12.0 Å². The normalized spacial score (nSPS) is 31.4. The summed E-state index contributed by atoms with van der Waals surface area (Å²) in [7, 11) is -7.93. The average molecular weight is 329 g/mol. The van der Waals surface area contributed by atoms with Crippen LogP contribution in [0.5, 0.6) is 0 Å². The van der Waals surface area contributed by atoms with E-state index in [0.29, 0.717) is 11.3 Å². The van der Waals surface area contributed by atoms with Gasteiger partial charge in [0, 0.05) is 18.5 Å². The number of hydrogen-bond acceptors (Lipinski definition) is 6. The third-order valence-electron chi connectivity index (χ3n) is 2.96. The topological polar surface area (TPSA) is 106 Å². The molecule has 0 unspecified atom stereocenters. The molecule has 0 fully saturated rings. The maximum Gasteiger partial charge on any atom is 0.247 e. The highest BCUT2D eigenvalue weighted by Gasteiger charge is 2.39. The number of hydrogen-bond donors (Lipinski definition) is 2. The van der Waals surface area contributed by atoms with Crippen molar-refractivity contribution in [1.29, 1.82) is 0 Å². The first-order valence-electron chi connectivity index (χ1n) is 7.75. The van der Waals surface area contributed by atoms with Crippen LogP contribution in [0.3, 0.4) is 0 Å². The number of primary sulfonamides is 1. The smallest absolute Gasteiger partial charge is 0.247 e. The fourth-order valence-corrected chi connectivity index (χ4v) is 6.38. The molecular weight excluding hydrogens is 308 g/mol. The van der Waals surface area contributed by atoms with Crippen LogP contribution in [0.4, 0.5) is 0 Å². The van der Waals surface area contributed by atoms with Gasteiger partial charge in [0.25, 0.3) is 0 Å². The van der Waals surface area contributed by atoms with Gasteiger partial charge < -0.3 is 5.32 Å². The Hall–Kier alpha value is -0.480. The zero-order valence-corrected chi connectivity index (χ0v) is 12.3. The van der Waals surface area contributed by atoms with E-state index >= 15 is 0 Å². The van der Waals surface area contributed by atoms with Crippen molar-refractivity contribution in [2.75, 3.05) is 6.50 Å². The van der Waals surface area contributed by atoms with Gasteiger partial charge in [0.1, 0.15) is 8.42 Å². The number of fused-ring (bicyclic) bond motifs is 1. The Balaban J connectivity index is 2.57. The van der Waals surface area contributed by atoms with Gasteiger partial charge in [0.05, 0.1) is 5.25 Å². The maximum atomic E-state index is 12.4. The van der Waals surface area contributed by atoms with Crippen LogP contribution in [0.15, 0.2) is 14.5 Å². The summed E-state index contributed by atoms with van der Waals surface area (Å²) < 4.78 is 84.2. The molecule has 6 nitrogen and oxygen atoms in total. The lowest BCUT2D eigenvalue weighted by Crippen LogP contribution is -2.33. The summed E-state index contributed by atoms with van der Waals surface area (Å²) >= 11 is 0.486. The molecule has 2 rings (SSSR count). The van der Waals surface area contributed by atoms with E-state index in [-0.39, 0.29) is 20.4 Å². The van der Waals surface area contributed by atoms with Gasteiger partial charge in [0.2, 0.25) is 10.0 Å². The molecule has 0 radical (unpaired) electrons. The Morgan fingerprint density at radius 3 is 2.95 bits per heavy atom. The molecule has 3 N–H and O–H groups in total. The lowest BCUT2D eigenvalue weighted by atomic mass is 10.1. The van der Waals surface area contributed by atoms with Crippen LogP contribution in [0.1, 0.15) is 38.7 Å². The van der Waals surface area contributed by atoms with E-state index in [1.54, 1.807) is 0 Å². The minimum atomic E-state index is -4.14. The second-order valence-electron chi connectivity index (χ2n) is 4.27. The number of sulfonamides is 1. The Morgan fingerprint density at radius 2 is 2.37 bits per heavy atom. The predicted octanol–water partition coefficient (Wildman–Crippen LogP) is 0.612. The monoisotopic (exact) mass is 329 g/mol. The van der Waals surface area contributed by atoms with Gasteiger partial charge >= 0.3 is 0 Å². The highest BCUT2D eigenvalue weighted by Crippen LogP contribution is 2.42. The third kappa shape index (κ3) is 2.57. The molecule has 1 aromatic heterocycles. The van der Waals surface area contributed by atoms with E-state index < -0.39 is 44.5 Å². The summed E-state index contributed by atoms with van der Waals surface area (Å²) in [4.78, 5) is 0. The number of rotatable bonds is 3. The van der Waals surface area contributed by atoms with Crippen LogP contribution in [0, 0.1) is 0 Å². The highest BCUT2D eigenvalue weighted by molar-refractivity contribution is 7.95.